The lowest BCUT2D eigenvalue weighted by Gasteiger charge is -2.65. The van der Waals surface area contributed by atoms with Crippen LogP contribution >= 0.6 is 0 Å². The molecule has 8 heteroatoms. The molecule has 3 N–H and O–H groups in total. The van der Waals surface area contributed by atoms with Gasteiger partial charge in [0.1, 0.15) is 17.8 Å². The number of aliphatic hydroxyl groups is 1. The van der Waals surface area contributed by atoms with Crippen LogP contribution in [0.3, 0.4) is 0 Å². The molecule has 3 aliphatic carbocycles. The molecule has 0 radical (unpaired) electrons. The maximum absolute atomic E-state index is 12.4. The summed E-state index contributed by atoms with van der Waals surface area (Å²) in [6.45, 7) is 3.04. The number of hydrogen-bond acceptors (Lipinski definition) is 8. The molecule has 144 valence electrons. The molecule has 27 heavy (non-hydrogen) atoms. The van der Waals surface area contributed by atoms with Gasteiger partial charge in [0.05, 0.1) is 11.0 Å². The lowest BCUT2D eigenvalue weighted by Crippen LogP contribution is -2.79. The van der Waals surface area contributed by atoms with Crippen LogP contribution in [0.5, 0.6) is 0 Å². The third kappa shape index (κ3) is 1.78. The molecule has 0 aromatic heterocycles. The van der Waals surface area contributed by atoms with Gasteiger partial charge in [-0.3, -0.25) is 4.79 Å². The summed E-state index contributed by atoms with van der Waals surface area (Å²) < 4.78 is 23.0. The van der Waals surface area contributed by atoms with E-state index in [0.717, 1.165) is 0 Å². The molecule has 3 saturated carbocycles. The van der Waals surface area contributed by atoms with Gasteiger partial charge in [0, 0.05) is 24.9 Å². The van der Waals surface area contributed by atoms with Crippen molar-refractivity contribution in [1.29, 1.82) is 0 Å². The summed E-state index contributed by atoms with van der Waals surface area (Å²) in [5.41, 5.74) is 3.48. The van der Waals surface area contributed by atoms with Gasteiger partial charge in [-0.1, -0.05) is 0 Å². The van der Waals surface area contributed by atoms with E-state index < -0.39 is 40.6 Å². The minimum atomic E-state index is -1.20. The first-order valence-electron chi connectivity index (χ1n) is 8.96. The summed E-state index contributed by atoms with van der Waals surface area (Å²) in [5.74, 6) is -2.41. The molecular formula is C19H21NO7. The van der Waals surface area contributed by atoms with Gasteiger partial charge in [0.15, 0.2) is 6.29 Å². The molecule has 3 aliphatic heterocycles. The molecule has 6 aliphatic rings. The van der Waals surface area contributed by atoms with Gasteiger partial charge in [-0.15, -0.1) is 0 Å². The van der Waals surface area contributed by atoms with E-state index >= 15 is 0 Å². The Morgan fingerprint density at radius 2 is 2.00 bits per heavy atom. The molecule has 0 amide bonds. The minimum Gasteiger partial charge on any atom is -0.461 e. The number of hydrogen-bond donors (Lipinski definition) is 2. The Morgan fingerprint density at radius 1 is 1.30 bits per heavy atom. The van der Waals surface area contributed by atoms with Gasteiger partial charge in [-0.25, -0.2) is 4.79 Å². The molecule has 0 spiro atoms. The SMILES string of the molecule is CC(=O)OC12CC3(C)OC(O1)C1(COC(=O)c4ccc(N)cc4)C2CC31O. The van der Waals surface area contributed by atoms with Gasteiger partial charge >= 0.3 is 11.9 Å². The van der Waals surface area contributed by atoms with Crippen LogP contribution in [0.1, 0.15) is 37.0 Å². The van der Waals surface area contributed by atoms with E-state index in [0.29, 0.717) is 17.7 Å². The highest BCUT2D eigenvalue weighted by Gasteiger charge is 2.94. The van der Waals surface area contributed by atoms with Crippen molar-refractivity contribution >= 4 is 17.6 Å². The highest BCUT2D eigenvalue weighted by molar-refractivity contribution is 5.89. The number of rotatable bonds is 4. The van der Waals surface area contributed by atoms with Crippen LogP contribution in [0.2, 0.25) is 0 Å². The lowest BCUT2D eigenvalue weighted by atomic mass is 9.41. The second-order valence-corrected chi connectivity index (χ2v) is 8.24. The summed E-state index contributed by atoms with van der Waals surface area (Å²) in [6, 6.07) is 6.40. The van der Waals surface area contributed by atoms with E-state index in [1.807, 2.05) is 0 Å². The second-order valence-electron chi connectivity index (χ2n) is 8.24. The van der Waals surface area contributed by atoms with Crippen molar-refractivity contribution in [3.8, 4) is 0 Å². The minimum absolute atomic E-state index is 0.0827. The highest BCUT2D eigenvalue weighted by atomic mass is 16.8. The average molecular weight is 375 g/mol. The highest BCUT2D eigenvalue weighted by Crippen LogP contribution is 2.81. The molecule has 7 rings (SSSR count). The lowest BCUT2D eigenvalue weighted by molar-refractivity contribution is -0.384. The van der Waals surface area contributed by atoms with Crippen molar-refractivity contribution in [2.24, 2.45) is 11.3 Å². The van der Waals surface area contributed by atoms with Crippen LogP contribution < -0.4 is 5.73 Å². The zero-order valence-corrected chi connectivity index (χ0v) is 15.1. The molecule has 6 unspecified atom stereocenters. The van der Waals surface area contributed by atoms with E-state index in [1.165, 1.54) is 6.92 Å². The van der Waals surface area contributed by atoms with Crippen molar-refractivity contribution in [3.63, 3.8) is 0 Å². The topological polar surface area (TPSA) is 117 Å². The number of carbonyl (C=O) groups excluding carboxylic acids is 2. The van der Waals surface area contributed by atoms with Crippen LogP contribution in [-0.4, -0.2) is 46.9 Å². The molecule has 3 heterocycles. The fourth-order valence-corrected chi connectivity index (χ4v) is 5.64. The summed E-state index contributed by atoms with van der Waals surface area (Å²) in [6.07, 6.45) is -0.170. The Labute approximate surface area is 155 Å². The van der Waals surface area contributed by atoms with Crippen LogP contribution in [0.4, 0.5) is 5.69 Å². The van der Waals surface area contributed by atoms with Crippen molar-refractivity contribution in [3.05, 3.63) is 29.8 Å². The van der Waals surface area contributed by atoms with Crippen LogP contribution in [0.25, 0.3) is 0 Å². The Morgan fingerprint density at radius 3 is 2.67 bits per heavy atom. The number of nitrogens with two attached hydrogens (primary N) is 1. The summed E-state index contributed by atoms with van der Waals surface area (Å²) in [4.78, 5) is 24.1. The monoisotopic (exact) mass is 375 g/mol. The molecule has 6 bridgehead atoms. The van der Waals surface area contributed by atoms with Crippen LogP contribution in [0, 0.1) is 11.3 Å². The molecule has 1 aromatic carbocycles. The number of carbonyl (C=O) groups is 2. The van der Waals surface area contributed by atoms with Crippen molar-refractivity contribution in [1.82, 2.24) is 0 Å². The van der Waals surface area contributed by atoms with Gasteiger partial charge < -0.3 is 29.8 Å². The maximum atomic E-state index is 12.4. The van der Waals surface area contributed by atoms with E-state index in [9.17, 15) is 14.7 Å². The first-order chi connectivity index (χ1) is 12.7. The standard InChI is InChI=1S/C19H21NO7/c1-10(21)25-18-8-16(2)19(23)7-13(18)17(19,15(26-16)27-18)9-24-14(22)11-3-5-12(20)6-4-11/h3-6,13,15,23H,7-9,20H2,1-2H3. The zero-order valence-electron chi connectivity index (χ0n) is 15.1. The molecule has 3 saturated heterocycles. The normalized spacial score (nSPS) is 45.4. The van der Waals surface area contributed by atoms with E-state index in [-0.39, 0.29) is 18.9 Å². The van der Waals surface area contributed by atoms with Crippen LogP contribution in [-0.2, 0) is 23.7 Å². The Balaban J connectivity index is 1.43. The largest absolute Gasteiger partial charge is 0.461 e. The number of nitrogen functional groups attached to an aromatic ring is 1. The van der Waals surface area contributed by atoms with Gasteiger partial charge in [0.25, 0.3) is 0 Å². The fraction of sp³-hybridized carbons (Fsp3) is 0.579. The summed E-state index contributed by atoms with van der Waals surface area (Å²) in [7, 11) is 0. The van der Waals surface area contributed by atoms with Crippen molar-refractivity contribution in [2.75, 3.05) is 12.3 Å². The molecular weight excluding hydrogens is 354 g/mol. The Kier molecular flexibility index (Phi) is 3.02. The van der Waals surface area contributed by atoms with Gasteiger partial charge in [0.2, 0.25) is 5.79 Å². The number of anilines is 1. The summed E-state index contributed by atoms with van der Waals surface area (Å²) in [5, 5.41) is 11.4. The molecule has 8 nitrogen and oxygen atoms in total. The average Bonchev–Trinajstić information content (AvgIpc) is 2.78. The Hall–Kier alpha value is -2.16. The van der Waals surface area contributed by atoms with Crippen LogP contribution in [0.15, 0.2) is 24.3 Å². The third-order valence-electron chi connectivity index (χ3n) is 6.88. The predicted molar refractivity (Wildman–Crippen MR) is 90.1 cm³/mol. The van der Waals surface area contributed by atoms with E-state index in [2.05, 4.69) is 0 Å². The fourth-order valence-electron chi connectivity index (χ4n) is 5.64. The molecule has 1 aromatic rings. The van der Waals surface area contributed by atoms with E-state index in [4.69, 9.17) is 24.7 Å². The van der Waals surface area contributed by atoms with Gasteiger partial charge in [-0.2, -0.15) is 0 Å². The zero-order chi connectivity index (χ0) is 19.2. The second kappa shape index (κ2) is 4.81. The third-order valence-corrected chi connectivity index (χ3v) is 6.88. The predicted octanol–water partition coefficient (Wildman–Crippen LogP) is 0.971. The van der Waals surface area contributed by atoms with E-state index in [1.54, 1.807) is 31.2 Å². The summed E-state index contributed by atoms with van der Waals surface area (Å²) >= 11 is 0. The van der Waals surface area contributed by atoms with Gasteiger partial charge in [-0.05, 0) is 37.6 Å². The number of benzene rings is 1. The number of esters is 2. The maximum Gasteiger partial charge on any atom is 0.338 e. The first kappa shape index (κ1) is 17.0. The first-order valence-corrected chi connectivity index (χ1v) is 8.96. The molecule has 6 fully saturated rings. The Bertz CT molecular complexity index is 856. The van der Waals surface area contributed by atoms with Crippen molar-refractivity contribution < 1.29 is 33.6 Å². The molecule has 6 atom stereocenters. The van der Waals surface area contributed by atoms with Crippen molar-refractivity contribution in [2.45, 2.75) is 50.0 Å². The smallest absolute Gasteiger partial charge is 0.338 e. The number of ether oxygens (including phenoxy) is 4. The quantitative estimate of drug-likeness (QED) is 0.591.